The summed E-state index contributed by atoms with van der Waals surface area (Å²) in [5.41, 5.74) is 9.32. The van der Waals surface area contributed by atoms with Gasteiger partial charge >= 0.3 is 0 Å². The maximum atomic E-state index is 6.05. The van der Waals surface area contributed by atoms with Gasteiger partial charge in [-0.05, 0) is 36.5 Å². The highest BCUT2D eigenvalue weighted by Gasteiger charge is 2.26. The van der Waals surface area contributed by atoms with Crippen molar-refractivity contribution in [2.45, 2.75) is 25.4 Å². The molecule has 0 saturated heterocycles. The maximum Gasteiger partial charge on any atom is 0.213 e. The Bertz CT molecular complexity index is 535. The molecule has 1 aliphatic carbocycles. The molecular weight excluding hydrogens is 224 g/mol. The van der Waals surface area contributed by atoms with E-state index in [0.717, 1.165) is 11.3 Å². The molecule has 3 heteroatoms. The lowest BCUT2D eigenvalue weighted by Crippen LogP contribution is -2.04. The average Bonchev–Trinajstić information content (AvgIpc) is 3.22. The van der Waals surface area contributed by atoms with E-state index in [0.29, 0.717) is 18.4 Å². The first-order chi connectivity index (χ1) is 8.84. The molecule has 0 atom stereocenters. The minimum Gasteiger partial charge on any atom is -0.473 e. The summed E-state index contributed by atoms with van der Waals surface area (Å²) in [5.74, 6) is 1.32. The standard InChI is InChI=1S/C15H16N2O/c16-14-5-3-4-12(11-7-8-11)13(14)10-18-15-6-1-2-9-17-15/h1-6,9,11H,7-8,10,16H2. The number of pyridine rings is 1. The van der Waals surface area contributed by atoms with Gasteiger partial charge in [0.1, 0.15) is 6.61 Å². The molecule has 1 fully saturated rings. The van der Waals surface area contributed by atoms with Gasteiger partial charge in [-0.15, -0.1) is 0 Å². The minimum absolute atomic E-state index is 0.496. The van der Waals surface area contributed by atoms with Crippen LogP contribution in [0, 0.1) is 0 Å². The van der Waals surface area contributed by atoms with E-state index in [1.165, 1.54) is 18.4 Å². The van der Waals surface area contributed by atoms with Gasteiger partial charge in [0.05, 0.1) is 0 Å². The molecule has 1 aromatic heterocycles. The Hall–Kier alpha value is -2.03. The summed E-state index contributed by atoms with van der Waals surface area (Å²) >= 11 is 0. The van der Waals surface area contributed by atoms with Crippen molar-refractivity contribution >= 4 is 5.69 Å². The van der Waals surface area contributed by atoms with Gasteiger partial charge in [-0.25, -0.2) is 4.98 Å². The Morgan fingerprint density at radius 2 is 2.06 bits per heavy atom. The molecule has 1 saturated carbocycles. The van der Waals surface area contributed by atoms with Crippen LogP contribution in [-0.4, -0.2) is 4.98 Å². The van der Waals surface area contributed by atoms with Crippen LogP contribution >= 0.6 is 0 Å². The zero-order valence-electron chi connectivity index (χ0n) is 10.2. The SMILES string of the molecule is Nc1cccc(C2CC2)c1COc1ccccn1. The molecule has 2 aromatic rings. The molecular formula is C15H16N2O. The molecule has 1 aliphatic rings. The highest BCUT2D eigenvalue weighted by Crippen LogP contribution is 2.42. The molecule has 2 N–H and O–H groups in total. The van der Waals surface area contributed by atoms with Crippen molar-refractivity contribution in [2.24, 2.45) is 0 Å². The first-order valence-electron chi connectivity index (χ1n) is 6.25. The third-order valence-electron chi connectivity index (χ3n) is 3.27. The first-order valence-corrected chi connectivity index (χ1v) is 6.25. The number of benzene rings is 1. The Labute approximate surface area is 107 Å². The first kappa shape index (κ1) is 11.1. The van der Waals surface area contributed by atoms with E-state index in [9.17, 15) is 0 Å². The fraction of sp³-hybridized carbons (Fsp3) is 0.267. The summed E-state index contributed by atoms with van der Waals surface area (Å²) in [6.45, 7) is 0.496. The third-order valence-corrected chi connectivity index (χ3v) is 3.27. The number of anilines is 1. The summed E-state index contributed by atoms with van der Waals surface area (Å²) < 4.78 is 5.70. The van der Waals surface area contributed by atoms with Gasteiger partial charge in [-0.1, -0.05) is 18.2 Å². The largest absolute Gasteiger partial charge is 0.473 e. The van der Waals surface area contributed by atoms with E-state index < -0.39 is 0 Å². The lowest BCUT2D eigenvalue weighted by Gasteiger charge is -2.12. The summed E-state index contributed by atoms with van der Waals surface area (Å²) in [6.07, 6.45) is 4.26. The smallest absolute Gasteiger partial charge is 0.213 e. The molecule has 18 heavy (non-hydrogen) atoms. The van der Waals surface area contributed by atoms with Crippen LogP contribution in [0.25, 0.3) is 0 Å². The van der Waals surface area contributed by atoms with Crippen LogP contribution in [0.1, 0.15) is 29.9 Å². The van der Waals surface area contributed by atoms with Crippen molar-refractivity contribution in [3.05, 3.63) is 53.7 Å². The van der Waals surface area contributed by atoms with E-state index in [1.807, 2.05) is 30.3 Å². The molecule has 3 rings (SSSR count). The monoisotopic (exact) mass is 240 g/mol. The van der Waals surface area contributed by atoms with Gasteiger partial charge in [0.2, 0.25) is 5.88 Å². The van der Waals surface area contributed by atoms with Crippen molar-refractivity contribution < 1.29 is 4.74 Å². The van der Waals surface area contributed by atoms with Crippen LogP contribution in [-0.2, 0) is 6.61 Å². The van der Waals surface area contributed by atoms with Gasteiger partial charge in [-0.3, -0.25) is 0 Å². The minimum atomic E-state index is 0.496. The second kappa shape index (κ2) is 4.69. The molecule has 1 heterocycles. The van der Waals surface area contributed by atoms with E-state index >= 15 is 0 Å². The number of ether oxygens (including phenoxy) is 1. The molecule has 0 radical (unpaired) electrons. The molecule has 92 valence electrons. The predicted octanol–water partition coefficient (Wildman–Crippen LogP) is 3.12. The van der Waals surface area contributed by atoms with Gasteiger partial charge in [0.15, 0.2) is 0 Å². The Kier molecular flexibility index (Phi) is 2.89. The molecule has 3 nitrogen and oxygen atoms in total. The van der Waals surface area contributed by atoms with E-state index in [-0.39, 0.29) is 0 Å². The van der Waals surface area contributed by atoms with Gasteiger partial charge in [0, 0.05) is 23.5 Å². The summed E-state index contributed by atoms with van der Waals surface area (Å²) in [6, 6.07) is 11.8. The Morgan fingerprint density at radius 1 is 1.17 bits per heavy atom. The van der Waals surface area contributed by atoms with Crippen LogP contribution in [0.5, 0.6) is 5.88 Å². The highest BCUT2D eigenvalue weighted by molar-refractivity contribution is 5.52. The van der Waals surface area contributed by atoms with Crippen molar-refractivity contribution in [1.29, 1.82) is 0 Å². The number of nitrogens with zero attached hydrogens (tertiary/aromatic N) is 1. The van der Waals surface area contributed by atoms with Gasteiger partial charge in [0.25, 0.3) is 0 Å². The molecule has 1 aromatic carbocycles. The number of nitrogens with two attached hydrogens (primary N) is 1. The fourth-order valence-electron chi connectivity index (χ4n) is 2.15. The Balaban J connectivity index is 1.79. The normalized spacial score (nSPS) is 14.4. The molecule has 0 bridgehead atoms. The van der Waals surface area contributed by atoms with Gasteiger partial charge in [-0.2, -0.15) is 0 Å². The summed E-state index contributed by atoms with van der Waals surface area (Å²) in [4.78, 5) is 4.15. The Morgan fingerprint density at radius 3 is 2.78 bits per heavy atom. The van der Waals surface area contributed by atoms with Crippen molar-refractivity contribution in [1.82, 2.24) is 4.98 Å². The van der Waals surface area contributed by atoms with Crippen LogP contribution < -0.4 is 10.5 Å². The summed E-state index contributed by atoms with van der Waals surface area (Å²) in [5, 5.41) is 0. The van der Waals surface area contributed by atoms with Gasteiger partial charge < -0.3 is 10.5 Å². The van der Waals surface area contributed by atoms with Crippen LogP contribution in [0.15, 0.2) is 42.6 Å². The molecule has 0 amide bonds. The summed E-state index contributed by atoms with van der Waals surface area (Å²) in [7, 11) is 0. The van der Waals surface area contributed by atoms with Crippen LogP contribution in [0.4, 0.5) is 5.69 Å². The highest BCUT2D eigenvalue weighted by atomic mass is 16.5. The van der Waals surface area contributed by atoms with Crippen molar-refractivity contribution in [3.8, 4) is 5.88 Å². The lowest BCUT2D eigenvalue weighted by molar-refractivity contribution is 0.293. The second-order valence-electron chi connectivity index (χ2n) is 4.65. The maximum absolute atomic E-state index is 6.05. The number of aromatic nitrogens is 1. The topological polar surface area (TPSA) is 48.1 Å². The van der Waals surface area contributed by atoms with E-state index in [2.05, 4.69) is 11.1 Å². The number of hydrogen-bond acceptors (Lipinski definition) is 3. The van der Waals surface area contributed by atoms with Crippen LogP contribution in [0.3, 0.4) is 0 Å². The van der Waals surface area contributed by atoms with Crippen molar-refractivity contribution in [2.75, 3.05) is 5.73 Å². The third kappa shape index (κ3) is 2.30. The number of hydrogen-bond donors (Lipinski definition) is 1. The quantitative estimate of drug-likeness (QED) is 0.835. The fourth-order valence-corrected chi connectivity index (χ4v) is 2.15. The zero-order valence-corrected chi connectivity index (χ0v) is 10.2. The zero-order chi connectivity index (χ0) is 12.4. The average molecular weight is 240 g/mol. The van der Waals surface area contributed by atoms with E-state index in [4.69, 9.17) is 10.5 Å². The number of rotatable bonds is 4. The molecule has 0 unspecified atom stereocenters. The lowest BCUT2D eigenvalue weighted by atomic mass is 10.0. The van der Waals surface area contributed by atoms with E-state index in [1.54, 1.807) is 6.20 Å². The number of nitrogen functional groups attached to an aromatic ring is 1. The second-order valence-corrected chi connectivity index (χ2v) is 4.65. The van der Waals surface area contributed by atoms with Crippen molar-refractivity contribution in [3.63, 3.8) is 0 Å². The molecule has 0 spiro atoms. The molecule has 0 aliphatic heterocycles. The predicted molar refractivity (Wildman–Crippen MR) is 71.4 cm³/mol. The van der Waals surface area contributed by atoms with Crippen LogP contribution in [0.2, 0.25) is 0 Å².